The average Bonchev–Trinajstić information content (AvgIpc) is 3.27. The monoisotopic (exact) mass is 487 g/mol. The average molecular weight is 488 g/mol. The number of hydrogen-bond donors (Lipinski definition) is 1. The summed E-state index contributed by atoms with van der Waals surface area (Å²) in [6, 6.07) is 19.6. The maximum atomic E-state index is 13.5. The van der Waals surface area contributed by atoms with E-state index in [0.717, 1.165) is 4.41 Å². The van der Waals surface area contributed by atoms with Gasteiger partial charge in [-0.05, 0) is 54.4 Å². The van der Waals surface area contributed by atoms with Crippen LogP contribution < -0.4 is 4.72 Å². The predicted molar refractivity (Wildman–Crippen MR) is 125 cm³/mol. The van der Waals surface area contributed by atoms with E-state index in [0.29, 0.717) is 22.5 Å². The third-order valence-corrected chi connectivity index (χ3v) is 8.29. The number of sulfonamides is 2. The molecule has 0 radical (unpaired) electrons. The number of nitrogens with one attached hydrogen (secondary N) is 1. The van der Waals surface area contributed by atoms with Gasteiger partial charge >= 0.3 is 0 Å². The fourth-order valence-corrected chi connectivity index (χ4v) is 5.59. The Kier molecular flexibility index (Phi) is 6.22. The number of hydrogen-bond acceptors (Lipinski definition) is 5. The van der Waals surface area contributed by atoms with Gasteiger partial charge in [0.1, 0.15) is 5.82 Å². The van der Waals surface area contributed by atoms with E-state index >= 15 is 0 Å². The lowest BCUT2D eigenvalue weighted by Crippen LogP contribution is -2.27. The number of halogens is 1. The van der Waals surface area contributed by atoms with Gasteiger partial charge in [-0.3, -0.25) is 4.72 Å². The Bertz CT molecular complexity index is 1370. The molecule has 1 atom stereocenters. The first-order chi connectivity index (χ1) is 15.7. The largest absolute Gasteiger partial charge is 0.284 e. The molecule has 4 rings (SSSR count). The van der Waals surface area contributed by atoms with Crippen LogP contribution in [0, 0.1) is 5.82 Å². The molecule has 0 amide bonds. The molecule has 172 valence electrons. The molecule has 0 saturated carbocycles. The molecule has 0 aliphatic carbocycles. The minimum atomic E-state index is -3.96. The van der Waals surface area contributed by atoms with E-state index < -0.39 is 31.9 Å². The number of benzene rings is 3. The van der Waals surface area contributed by atoms with Crippen LogP contribution in [0.5, 0.6) is 0 Å². The van der Waals surface area contributed by atoms with Gasteiger partial charge in [0.25, 0.3) is 10.0 Å². The standard InChI is InChI=1S/C23H22FN3O4S2/c1-2-32(28,29)26-20-14-10-17(11-15-20)22-16-23(18-8-12-19(24)13-9-18)27(25-22)33(30,31)21-6-4-3-5-7-21/h3-15,23,26H,2,16H2,1H3/t23-/m1/s1. The van der Waals surface area contributed by atoms with Crippen LogP contribution in [0.4, 0.5) is 10.1 Å². The van der Waals surface area contributed by atoms with Gasteiger partial charge in [0.05, 0.1) is 22.4 Å². The van der Waals surface area contributed by atoms with Crippen molar-refractivity contribution in [3.63, 3.8) is 0 Å². The SMILES string of the molecule is CCS(=O)(=O)Nc1ccc(C2=NN(S(=O)(=O)c3ccccc3)[C@@H](c3ccc(F)cc3)C2)cc1. The molecule has 1 aliphatic heterocycles. The first-order valence-electron chi connectivity index (χ1n) is 10.2. The van der Waals surface area contributed by atoms with Gasteiger partial charge in [-0.1, -0.05) is 42.5 Å². The fourth-order valence-electron chi connectivity index (χ4n) is 3.50. The van der Waals surface area contributed by atoms with Crippen molar-refractivity contribution in [2.24, 2.45) is 5.10 Å². The van der Waals surface area contributed by atoms with E-state index in [-0.39, 0.29) is 17.1 Å². The fraction of sp³-hybridized carbons (Fsp3) is 0.174. The molecule has 0 fully saturated rings. The highest BCUT2D eigenvalue weighted by molar-refractivity contribution is 7.92. The zero-order valence-electron chi connectivity index (χ0n) is 17.7. The van der Waals surface area contributed by atoms with Gasteiger partial charge in [0.15, 0.2) is 0 Å². The third kappa shape index (κ3) is 4.91. The molecule has 10 heteroatoms. The van der Waals surface area contributed by atoms with E-state index in [4.69, 9.17) is 0 Å². The first-order valence-corrected chi connectivity index (χ1v) is 13.3. The first kappa shape index (κ1) is 22.9. The Balaban J connectivity index is 1.71. The van der Waals surface area contributed by atoms with Crippen LogP contribution in [0.25, 0.3) is 0 Å². The van der Waals surface area contributed by atoms with E-state index in [1.165, 1.54) is 24.3 Å². The summed E-state index contributed by atoms with van der Waals surface area (Å²) >= 11 is 0. The molecule has 7 nitrogen and oxygen atoms in total. The molecule has 0 spiro atoms. The summed E-state index contributed by atoms with van der Waals surface area (Å²) in [5.41, 5.74) is 2.20. The van der Waals surface area contributed by atoms with Crippen LogP contribution >= 0.6 is 0 Å². The topological polar surface area (TPSA) is 95.9 Å². The van der Waals surface area contributed by atoms with Crippen molar-refractivity contribution in [1.82, 2.24) is 4.41 Å². The Morgan fingerprint density at radius 3 is 2.18 bits per heavy atom. The van der Waals surface area contributed by atoms with Crippen LogP contribution in [0.1, 0.15) is 30.5 Å². The van der Waals surface area contributed by atoms with E-state index in [1.54, 1.807) is 61.5 Å². The zero-order chi connectivity index (χ0) is 23.6. The van der Waals surface area contributed by atoms with Crippen LogP contribution in [-0.4, -0.2) is 32.7 Å². The smallest absolute Gasteiger partial charge is 0.279 e. The van der Waals surface area contributed by atoms with Gasteiger partial charge in [-0.25, -0.2) is 12.8 Å². The molecule has 0 unspecified atom stereocenters. The summed E-state index contributed by atoms with van der Waals surface area (Å²) < 4.78 is 67.3. The van der Waals surface area contributed by atoms with E-state index in [9.17, 15) is 21.2 Å². The van der Waals surface area contributed by atoms with Crippen LogP contribution in [0.15, 0.2) is 88.9 Å². The Morgan fingerprint density at radius 2 is 1.58 bits per heavy atom. The van der Waals surface area contributed by atoms with Crippen LogP contribution in [-0.2, 0) is 20.0 Å². The van der Waals surface area contributed by atoms with Gasteiger partial charge in [-0.15, -0.1) is 0 Å². The van der Waals surface area contributed by atoms with E-state index in [1.807, 2.05) is 0 Å². The molecule has 1 aliphatic rings. The van der Waals surface area contributed by atoms with Gasteiger partial charge in [0.2, 0.25) is 10.0 Å². The molecule has 0 saturated heterocycles. The Morgan fingerprint density at radius 1 is 0.939 bits per heavy atom. The lowest BCUT2D eigenvalue weighted by Gasteiger charge is -2.23. The number of rotatable bonds is 7. The summed E-state index contributed by atoms with van der Waals surface area (Å²) in [7, 11) is -7.37. The van der Waals surface area contributed by atoms with E-state index in [2.05, 4.69) is 9.82 Å². The predicted octanol–water partition coefficient (Wildman–Crippen LogP) is 4.13. The summed E-state index contributed by atoms with van der Waals surface area (Å²) in [6.45, 7) is 1.54. The summed E-state index contributed by atoms with van der Waals surface area (Å²) in [5, 5.41) is 4.44. The lowest BCUT2D eigenvalue weighted by atomic mass is 9.99. The van der Waals surface area contributed by atoms with Gasteiger partial charge in [-0.2, -0.15) is 17.9 Å². The number of hydrazone groups is 1. The molecule has 0 bridgehead atoms. The molecular formula is C23H22FN3O4S2. The minimum Gasteiger partial charge on any atom is -0.284 e. The van der Waals surface area contributed by atoms with Crippen molar-refractivity contribution in [1.29, 1.82) is 0 Å². The zero-order valence-corrected chi connectivity index (χ0v) is 19.4. The molecule has 0 aromatic heterocycles. The van der Waals surface area contributed by atoms with Gasteiger partial charge < -0.3 is 0 Å². The summed E-state index contributed by atoms with van der Waals surface area (Å²) in [5.74, 6) is -0.465. The molecule has 33 heavy (non-hydrogen) atoms. The minimum absolute atomic E-state index is 0.0485. The highest BCUT2D eigenvalue weighted by Crippen LogP contribution is 2.37. The van der Waals surface area contributed by atoms with Crippen molar-refractivity contribution >= 4 is 31.4 Å². The Labute approximate surface area is 192 Å². The van der Waals surface area contributed by atoms with Crippen molar-refractivity contribution in [3.05, 3.63) is 95.8 Å². The van der Waals surface area contributed by atoms with Crippen LogP contribution in [0.3, 0.4) is 0 Å². The van der Waals surface area contributed by atoms with Crippen molar-refractivity contribution in [3.8, 4) is 0 Å². The van der Waals surface area contributed by atoms with Crippen molar-refractivity contribution in [2.45, 2.75) is 24.3 Å². The second-order valence-corrected chi connectivity index (χ2v) is 11.3. The normalized spacial score (nSPS) is 16.5. The molecule has 3 aromatic rings. The van der Waals surface area contributed by atoms with Crippen molar-refractivity contribution < 1.29 is 21.2 Å². The molecule has 3 aromatic carbocycles. The van der Waals surface area contributed by atoms with Gasteiger partial charge in [0, 0.05) is 12.1 Å². The van der Waals surface area contributed by atoms with Crippen LogP contribution in [0.2, 0.25) is 0 Å². The highest BCUT2D eigenvalue weighted by atomic mass is 32.2. The second-order valence-electron chi connectivity index (χ2n) is 7.49. The summed E-state index contributed by atoms with van der Waals surface area (Å²) in [6.07, 6.45) is 0.276. The molecule has 1 N–H and O–H groups in total. The number of anilines is 1. The second kappa shape index (κ2) is 8.95. The van der Waals surface area contributed by atoms with Crippen molar-refractivity contribution in [2.75, 3.05) is 10.5 Å². The lowest BCUT2D eigenvalue weighted by molar-refractivity contribution is 0.371. The number of nitrogens with zero attached hydrogens (tertiary/aromatic N) is 2. The third-order valence-electron chi connectivity index (χ3n) is 5.29. The highest BCUT2D eigenvalue weighted by Gasteiger charge is 2.37. The molecule has 1 heterocycles. The quantitative estimate of drug-likeness (QED) is 0.542. The molecular weight excluding hydrogens is 465 g/mol. The maximum Gasteiger partial charge on any atom is 0.279 e. The Hall–Kier alpha value is -3.24. The summed E-state index contributed by atoms with van der Waals surface area (Å²) in [4.78, 5) is 0.103. The maximum absolute atomic E-state index is 13.5.